The van der Waals surface area contributed by atoms with Gasteiger partial charge in [-0.1, -0.05) is 18.9 Å². The van der Waals surface area contributed by atoms with Crippen molar-refractivity contribution in [2.75, 3.05) is 6.79 Å². The first-order chi connectivity index (χ1) is 14.3. The number of aromatic nitrogens is 3. The molecular weight excluding hydrogens is 368 g/mol. The van der Waals surface area contributed by atoms with Gasteiger partial charge in [-0.25, -0.2) is 0 Å². The van der Waals surface area contributed by atoms with E-state index in [0.29, 0.717) is 29.6 Å². The Morgan fingerprint density at radius 3 is 2.79 bits per heavy atom. The Hall–Kier alpha value is -3.35. The molecule has 1 amide bonds. The summed E-state index contributed by atoms with van der Waals surface area (Å²) in [5, 5.41) is 7.77. The summed E-state index contributed by atoms with van der Waals surface area (Å²) in [6.07, 6.45) is 6.50. The molecule has 2 aromatic heterocycles. The third-order valence-electron chi connectivity index (χ3n) is 5.45. The standard InChI is InChI=1S/C22H22N4O3/c27-22(15-8-9-20-21(11-15)29-14-28-20)24-13-16-12-19(18-7-3-4-10-23-18)26(25-16)17-5-1-2-6-17/h3-4,7-12,17H,1-2,5-6,13-14H2,(H,24,27). The summed E-state index contributed by atoms with van der Waals surface area (Å²) in [7, 11) is 0. The number of carbonyl (C=O) groups is 1. The highest BCUT2D eigenvalue weighted by molar-refractivity contribution is 5.94. The van der Waals surface area contributed by atoms with Gasteiger partial charge in [0, 0.05) is 11.8 Å². The number of carbonyl (C=O) groups excluding carboxylic acids is 1. The molecule has 7 nitrogen and oxygen atoms in total. The fourth-order valence-electron chi connectivity index (χ4n) is 3.97. The number of benzene rings is 1. The van der Waals surface area contributed by atoms with Crippen molar-refractivity contribution >= 4 is 5.91 Å². The van der Waals surface area contributed by atoms with Gasteiger partial charge in [-0.2, -0.15) is 5.10 Å². The van der Waals surface area contributed by atoms with Crippen LogP contribution in [-0.4, -0.2) is 27.5 Å². The summed E-state index contributed by atoms with van der Waals surface area (Å²) in [4.78, 5) is 17.1. The van der Waals surface area contributed by atoms with Gasteiger partial charge in [0.1, 0.15) is 0 Å². The first-order valence-corrected chi connectivity index (χ1v) is 9.95. The Labute approximate surface area is 168 Å². The molecule has 0 atom stereocenters. The van der Waals surface area contributed by atoms with E-state index in [1.165, 1.54) is 12.8 Å². The second-order valence-electron chi connectivity index (χ2n) is 7.37. The van der Waals surface area contributed by atoms with Crippen molar-refractivity contribution in [2.45, 2.75) is 38.3 Å². The van der Waals surface area contributed by atoms with E-state index >= 15 is 0 Å². The molecule has 7 heteroatoms. The minimum atomic E-state index is -0.168. The van der Waals surface area contributed by atoms with Gasteiger partial charge in [0.05, 0.1) is 29.7 Å². The maximum Gasteiger partial charge on any atom is 0.251 e. The summed E-state index contributed by atoms with van der Waals surface area (Å²) in [6.45, 7) is 0.544. The molecule has 148 valence electrons. The Morgan fingerprint density at radius 1 is 1.10 bits per heavy atom. The average molecular weight is 390 g/mol. The minimum Gasteiger partial charge on any atom is -0.454 e. The molecule has 3 aromatic rings. The second-order valence-corrected chi connectivity index (χ2v) is 7.37. The molecule has 0 unspecified atom stereocenters. The lowest BCUT2D eigenvalue weighted by atomic mass is 10.2. The number of rotatable bonds is 5. The summed E-state index contributed by atoms with van der Waals surface area (Å²) < 4.78 is 12.7. The summed E-state index contributed by atoms with van der Waals surface area (Å²) in [5.41, 5.74) is 3.27. The number of ether oxygens (including phenoxy) is 2. The molecule has 0 radical (unpaired) electrons. The van der Waals surface area contributed by atoms with Crippen LogP contribution in [0.3, 0.4) is 0 Å². The summed E-state index contributed by atoms with van der Waals surface area (Å²) in [5.74, 6) is 1.09. The maximum absolute atomic E-state index is 12.6. The summed E-state index contributed by atoms with van der Waals surface area (Å²) in [6, 6.07) is 13.5. The van der Waals surface area contributed by atoms with Crippen LogP contribution in [0.25, 0.3) is 11.4 Å². The van der Waals surface area contributed by atoms with Crippen LogP contribution in [-0.2, 0) is 6.54 Å². The lowest BCUT2D eigenvalue weighted by Crippen LogP contribution is -2.23. The average Bonchev–Trinajstić information content (AvgIpc) is 3.52. The highest BCUT2D eigenvalue weighted by atomic mass is 16.7. The molecule has 0 bridgehead atoms. The van der Waals surface area contributed by atoms with Crippen molar-refractivity contribution in [2.24, 2.45) is 0 Å². The first kappa shape index (κ1) is 17.7. The van der Waals surface area contributed by atoms with Gasteiger partial charge in [0.2, 0.25) is 6.79 Å². The number of nitrogens with zero attached hydrogens (tertiary/aromatic N) is 3. The zero-order valence-corrected chi connectivity index (χ0v) is 16.0. The number of hydrogen-bond acceptors (Lipinski definition) is 5. The Bertz CT molecular complexity index is 1030. The fourth-order valence-corrected chi connectivity index (χ4v) is 3.97. The van der Waals surface area contributed by atoms with Crippen LogP contribution in [0.5, 0.6) is 11.5 Å². The quantitative estimate of drug-likeness (QED) is 0.718. The van der Waals surface area contributed by atoms with E-state index in [0.717, 1.165) is 29.9 Å². The van der Waals surface area contributed by atoms with E-state index < -0.39 is 0 Å². The molecule has 1 aliphatic carbocycles. The SMILES string of the molecule is O=C(NCc1cc(-c2ccccn2)n(C2CCCC2)n1)c1ccc2c(c1)OCO2. The molecule has 3 heterocycles. The molecule has 2 aliphatic rings. The lowest BCUT2D eigenvalue weighted by Gasteiger charge is -2.13. The van der Waals surface area contributed by atoms with E-state index in [-0.39, 0.29) is 12.7 Å². The van der Waals surface area contributed by atoms with Gasteiger partial charge in [-0.15, -0.1) is 0 Å². The van der Waals surface area contributed by atoms with E-state index in [9.17, 15) is 4.79 Å². The molecule has 1 saturated carbocycles. The molecule has 0 spiro atoms. The largest absolute Gasteiger partial charge is 0.454 e. The lowest BCUT2D eigenvalue weighted by molar-refractivity contribution is 0.0950. The number of nitrogens with one attached hydrogen (secondary N) is 1. The van der Waals surface area contributed by atoms with Gasteiger partial charge in [0.25, 0.3) is 5.91 Å². The van der Waals surface area contributed by atoms with Gasteiger partial charge < -0.3 is 14.8 Å². The predicted molar refractivity (Wildman–Crippen MR) is 107 cm³/mol. The molecule has 29 heavy (non-hydrogen) atoms. The van der Waals surface area contributed by atoms with Crippen molar-refractivity contribution in [1.29, 1.82) is 0 Å². The highest BCUT2D eigenvalue weighted by Crippen LogP contribution is 2.34. The van der Waals surface area contributed by atoms with Crippen molar-refractivity contribution in [3.63, 3.8) is 0 Å². The summed E-state index contributed by atoms with van der Waals surface area (Å²) >= 11 is 0. The molecule has 1 aliphatic heterocycles. The zero-order chi connectivity index (χ0) is 19.6. The number of hydrogen-bond donors (Lipinski definition) is 1. The van der Waals surface area contributed by atoms with E-state index in [1.807, 2.05) is 24.3 Å². The van der Waals surface area contributed by atoms with Crippen molar-refractivity contribution < 1.29 is 14.3 Å². The molecule has 0 saturated heterocycles. The van der Waals surface area contributed by atoms with Gasteiger partial charge in [-0.05, 0) is 49.2 Å². The van der Waals surface area contributed by atoms with Crippen LogP contribution < -0.4 is 14.8 Å². The first-order valence-electron chi connectivity index (χ1n) is 9.95. The van der Waals surface area contributed by atoms with Crippen LogP contribution in [0.2, 0.25) is 0 Å². The van der Waals surface area contributed by atoms with E-state index in [4.69, 9.17) is 14.6 Å². The number of amides is 1. The van der Waals surface area contributed by atoms with Gasteiger partial charge in [-0.3, -0.25) is 14.5 Å². The topological polar surface area (TPSA) is 78.3 Å². The molecular formula is C22H22N4O3. The van der Waals surface area contributed by atoms with Crippen LogP contribution in [0.4, 0.5) is 0 Å². The van der Waals surface area contributed by atoms with Gasteiger partial charge in [0.15, 0.2) is 11.5 Å². The van der Waals surface area contributed by atoms with E-state index in [2.05, 4.69) is 15.0 Å². The molecule has 1 aromatic carbocycles. The van der Waals surface area contributed by atoms with Gasteiger partial charge >= 0.3 is 0 Å². The van der Waals surface area contributed by atoms with Crippen molar-refractivity contribution in [3.8, 4) is 22.9 Å². The fraction of sp³-hybridized carbons (Fsp3) is 0.318. The minimum absolute atomic E-state index is 0.168. The number of fused-ring (bicyclic) bond motifs is 1. The normalized spacial score (nSPS) is 15.6. The highest BCUT2D eigenvalue weighted by Gasteiger charge is 2.23. The Balaban J connectivity index is 1.35. The van der Waals surface area contributed by atoms with Crippen LogP contribution >= 0.6 is 0 Å². The molecule has 1 fully saturated rings. The number of pyridine rings is 1. The monoisotopic (exact) mass is 390 g/mol. The van der Waals surface area contributed by atoms with Crippen molar-refractivity contribution in [3.05, 3.63) is 59.9 Å². The Kier molecular flexibility index (Phi) is 4.63. The zero-order valence-electron chi connectivity index (χ0n) is 16.0. The van der Waals surface area contributed by atoms with Crippen LogP contribution in [0.1, 0.15) is 47.8 Å². The third kappa shape index (κ3) is 3.55. The maximum atomic E-state index is 12.6. The predicted octanol–water partition coefficient (Wildman–Crippen LogP) is 3.72. The van der Waals surface area contributed by atoms with Crippen LogP contribution in [0.15, 0.2) is 48.7 Å². The Morgan fingerprint density at radius 2 is 1.97 bits per heavy atom. The molecule has 1 N–H and O–H groups in total. The molecule has 5 rings (SSSR count). The third-order valence-corrected chi connectivity index (χ3v) is 5.45. The van der Waals surface area contributed by atoms with Crippen molar-refractivity contribution in [1.82, 2.24) is 20.1 Å². The van der Waals surface area contributed by atoms with E-state index in [1.54, 1.807) is 24.4 Å². The smallest absolute Gasteiger partial charge is 0.251 e. The van der Waals surface area contributed by atoms with Crippen LogP contribution in [0, 0.1) is 0 Å². The second kappa shape index (κ2) is 7.58.